The Kier molecular flexibility index (Phi) is 4.94. The second-order valence-corrected chi connectivity index (χ2v) is 8.39. The monoisotopic (exact) mass is 366 g/mol. The van der Waals surface area contributed by atoms with Crippen LogP contribution in [0.2, 0.25) is 0 Å². The van der Waals surface area contributed by atoms with Crippen LogP contribution in [-0.2, 0) is 5.41 Å². The van der Waals surface area contributed by atoms with Crippen molar-refractivity contribution in [2.45, 2.75) is 57.3 Å². The fourth-order valence-corrected chi connectivity index (χ4v) is 4.51. The number of aryl methyl sites for hydroxylation is 2. The summed E-state index contributed by atoms with van der Waals surface area (Å²) >= 11 is 0. The number of H-pyrrole nitrogens is 1. The summed E-state index contributed by atoms with van der Waals surface area (Å²) in [5.74, 6) is 0.365. The zero-order valence-electron chi connectivity index (χ0n) is 16.4. The third kappa shape index (κ3) is 3.60. The van der Waals surface area contributed by atoms with E-state index in [-0.39, 0.29) is 11.4 Å². The maximum Gasteiger partial charge on any atom is 0.317 e. The minimum absolute atomic E-state index is 0.0781. The summed E-state index contributed by atoms with van der Waals surface area (Å²) in [6.45, 7) is 6.67. The van der Waals surface area contributed by atoms with Crippen LogP contribution in [0.15, 0.2) is 30.5 Å². The number of benzene rings is 1. The highest BCUT2D eigenvalue weighted by Crippen LogP contribution is 2.43. The van der Waals surface area contributed by atoms with E-state index in [0.717, 1.165) is 51.0 Å². The molecule has 2 fully saturated rings. The van der Waals surface area contributed by atoms with Crippen LogP contribution in [0.5, 0.6) is 0 Å². The summed E-state index contributed by atoms with van der Waals surface area (Å²) < 4.78 is 0. The van der Waals surface area contributed by atoms with Gasteiger partial charge in [-0.2, -0.15) is 5.10 Å². The first-order chi connectivity index (χ1) is 13.1. The Morgan fingerprint density at radius 3 is 2.78 bits per heavy atom. The van der Waals surface area contributed by atoms with Gasteiger partial charge in [0.25, 0.3) is 0 Å². The first-order valence-corrected chi connectivity index (χ1v) is 10.2. The number of carbonyl (C=O) groups is 1. The lowest BCUT2D eigenvalue weighted by atomic mass is 9.64. The number of amides is 2. The van der Waals surface area contributed by atoms with E-state index in [1.165, 1.54) is 23.1 Å². The van der Waals surface area contributed by atoms with Gasteiger partial charge < -0.3 is 10.2 Å². The molecule has 0 spiro atoms. The summed E-state index contributed by atoms with van der Waals surface area (Å²) in [6, 6.07) is 8.88. The van der Waals surface area contributed by atoms with Crippen molar-refractivity contribution in [2.75, 3.05) is 19.6 Å². The van der Waals surface area contributed by atoms with Crippen LogP contribution in [-0.4, -0.2) is 40.8 Å². The molecule has 0 bridgehead atoms. The van der Waals surface area contributed by atoms with Gasteiger partial charge in [-0.05, 0) is 62.3 Å². The number of urea groups is 1. The number of rotatable bonds is 4. The molecule has 4 rings (SSSR count). The molecule has 2 heterocycles. The van der Waals surface area contributed by atoms with Gasteiger partial charge in [0, 0.05) is 42.9 Å². The van der Waals surface area contributed by atoms with Crippen LogP contribution < -0.4 is 5.32 Å². The molecule has 1 aliphatic carbocycles. The molecule has 0 radical (unpaired) electrons. The maximum absolute atomic E-state index is 12.8. The molecule has 1 atom stereocenters. The van der Waals surface area contributed by atoms with Gasteiger partial charge in [0.1, 0.15) is 0 Å². The Hall–Kier alpha value is -2.30. The minimum atomic E-state index is 0.0781. The van der Waals surface area contributed by atoms with E-state index >= 15 is 0 Å². The molecule has 1 saturated heterocycles. The van der Waals surface area contributed by atoms with E-state index in [0.29, 0.717) is 5.92 Å². The van der Waals surface area contributed by atoms with Crippen molar-refractivity contribution in [3.63, 3.8) is 0 Å². The molecule has 2 aromatic rings. The molecule has 2 amide bonds. The molecule has 2 aliphatic rings. The summed E-state index contributed by atoms with van der Waals surface area (Å²) in [7, 11) is 0. The van der Waals surface area contributed by atoms with Crippen molar-refractivity contribution in [2.24, 2.45) is 0 Å². The smallest absolute Gasteiger partial charge is 0.317 e. The lowest BCUT2D eigenvalue weighted by Crippen LogP contribution is -2.51. The van der Waals surface area contributed by atoms with E-state index in [4.69, 9.17) is 0 Å². The number of nitrogens with zero attached hydrogens (tertiary/aromatic N) is 2. The van der Waals surface area contributed by atoms with Crippen LogP contribution >= 0.6 is 0 Å². The predicted molar refractivity (Wildman–Crippen MR) is 107 cm³/mol. The minimum Gasteiger partial charge on any atom is -0.337 e. The average Bonchev–Trinajstić information content (AvgIpc) is 3.18. The number of hydrogen-bond acceptors (Lipinski definition) is 2. The lowest BCUT2D eigenvalue weighted by Gasteiger charge is -2.43. The van der Waals surface area contributed by atoms with Crippen molar-refractivity contribution < 1.29 is 4.79 Å². The summed E-state index contributed by atoms with van der Waals surface area (Å²) in [4.78, 5) is 14.8. The van der Waals surface area contributed by atoms with E-state index < -0.39 is 0 Å². The van der Waals surface area contributed by atoms with Gasteiger partial charge in [-0.15, -0.1) is 0 Å². The Labute approximate surface area is 161 Å². The van der Waals surface area contributed by atoms with Crippen LogP contribution in [0, 0.1) is 13.8 Å². The zero-order valence-corrected chi connectivity index (χ0v) is 16.4. The summed E-state index contributed by atoms with van der Waals surface area (Å²) in [5, 5.41) is 10.4. The van der Waals surface area contributed by atoms with E-state index in [2.05, 4.69) is 47.6 Å². The van der Waals surface area contributed by atoms with Crippen LogP contribution in [0.4, 0.5) is 4.79 Å². The Balaban J connectivity index is 1.39. The van der Waals surface area contributed by atoms with Crippen molar-refractivity contribution in [1.82, 2.24) is 20.4 Å². The quantitative estimate of drug-likeness (QED) is 0.858. The first-order valence-electron chi connectivity index (χ1n) is 10.2. The second-order valence-electron chi connectivity index (χ2n) is 8.39. The number of hydrogen-bond donors (Lipinski definition) is 2. The largest absolute Gasteiger partial charge is 0.337 e. The standard InChI is InChI=1S/C22H30N4O/c1-16-6-7-19(13-17(16)2)22(9-4-10-22)15-23-21(27)26-12-3-5-18(14-26)20-8-11-24-25-20/h6-8,11,13,18H,3-5,9-10,12,14-15H2,1-2H3,(H,23,27)(H,24,25). The van der Waals surface area contributed by atoms with Gasteiger partial charge in [0.2, 0.25) is 0 Å². The molecule has 1 aliphatic heterocycles. The van der Waals surface area contributed by atoms with Crippen molar-refractivity contribution in [3.05, 3.63) is 52.8 Å². The van der Waals surface area contributed by atoms with Crippen molar-refractivity contribution in [3.8, 4) is 0 Å². The SMILES string of the molecule is Cc1ccc(C2(CNC(=O)N3CCCC(c4ccn[nH]4)C3)CCC2)cc1C. The molecule has 1 aromatic heterocycles. The summed E-state index contributed by atoms with van der Waals surface area (Å²) in [6.07, 6.45) is 7.50. The van der Waals surface area contributed by atoms with Gasteiger partial charge in [-0.3, -0.25) is 5.10 Å². The van der Waals surface area contributed by atoms with E-state index in [1.54, 1.807) is 6.20 Å². The van der Waals surface area contributed by atoms with Crippen LogP contribution in [0.3, 0.4) is 0 Å². The van der Waals surface area contributed by atoms with Gasteiger partial charge in [-0.1, -0.05) is 24.6 Å². The molecule has 144 valence electrons. The average molecular weight is 367 g/mol. The molecular formula is C22H30N4O. The fraction of sp³-hybridized carbons (Fsp3) is 0.545. The molecule has 1 aromatic carbocycles. The van der Waals surface area contributed by atoms with Gasteiger partial charge in [-0.25, -0.2) is 4.79 Å². The second kappa shape index (κ2) is 7.37. The Morgan fingerprint density at radius 2 is 2.11 bits per heavy atom. The summed E-state index contributed by atoms with van der Waals surface area (Å²) in [5.41, 5.74) is 5.30. The number of piperidine rings is 1. The van der Waals surface area contributed by atoms with Gasteiger partial charge in [0.15, 0.2) is 0 Å². The third-order valence-electron chi connectivity index (χ3n) is 6.68. The zero-order chi connectivity index (χ0) is 18.9. The van der Waals surface area contributed by atoms with E-state index in [1.807, 2.05) is 11.0 Å². The van der Waals surface area contributed by atoms with Crippen molar-refractivity contribution in [1.29, 1.82) is 0 Å². The molecule has 5 nitrogen and oxygen atoms in total. The lowest BCUT2D eigenvalue weighted by molar-refractivity contribution is 0.168. The number of aromatic amines is 1. The molecule has 1 unspecified atom stereocenters. The van der Waals surface area contributed by atoms with Crippen molar-refractivity contribution >= 4 is 6.03 Å². The highest BCUT2D eigenvalue weighted by Gasteiger charge is 2.39. The van der Waals surface area contributed by atoms with Gasteiger partial charge in [0.05, 0.1) is 0 Å². The molecule has 27 heavy (non-hydrogen) atoms. The molecule has 5 heteroatoms. The number of carbonyl (C=O) groups excluding carboxylic acids is 1. The first kappa shape index (κ1) is 18.1. The highest BCUT2D eigenvalue weighted by molar-refractivity contribution is 5.74. The number of nitrogens with one attached hydrogen (secondary N) is 2. The highest BCUT2D eigenvalue weighted by atomic mass is 16.2. The topological polar surface area (TPSA) is 61.0 Å². The van der Waals surface area contributed by atoms with Gasteiger partial charge >= 0.3 is 6.03 Å². The number of likely N-dealkylation sites (tertiary alicyclic amines) is 1. The Morgan fingerprint density at radius 1 is 1.26 bits per heavy atom. The fourth-order valence-electron chi connectivity index (χ4n) is 4.51. The molecule has 1 saturated carbocycles. The maximum atomic E-state index is 12.8. The van der Waals surface area contributed by atoms with Crippen LogP contribution in [0.25, 0.3) is 0 Å². The Bertz CT molecular complexity index is 795. The van der Waals surface area contributed by atoms with E-state index in [9.17, 15) is 4.79 Å². The van der Waals surface area contributed by atoms with Crippen LogP contribution in [0.1, 0.15) is 60.4 Å². The normalized spacial score (nSPS) is 21.6. The molecule has 2 N–H and O–H groups in total. The third-order valence-corrected chi connectivity index (χ3v) is 6.68. The predicted octanol–water partition coefficient (Wildman–Crippen LogP) is 4.04. The number of aromatic nitrogens is 2. The molecular weight excluding hydrogens is 336 g/mol.